The van der Waals surface area contributed by atoms with Crippen LogP contribution in [0.15, 0.2) is 6.07 Å². The summed E-state index contributed by atoms with van der Waals surface area (Å²) in [6, 6.07) is 2.12. The van der Waals surface area contributed by atoms with E-state index < -0.39 is 0 Å². The molecule has 2 heterocycles. The van der Waals surface area contributed by atoms with Crippen molar-refractivity contribution >= 4 is 5.91 Å². The van der Waals surface area contributed by atoms with Crippen LogP contribution in [0.5, 0.6) is 0 Å². The molecule has 106 valence electrons. The number of piperidine rings is 1. The van der Waals surface area contributed by atoms with Crippen molar-refractivity contribution in [1.82, 2.24) is 20.4 Å². The zero-order chi connectivity index (χ0) is 13.8. The fourth-order valence-corrected chi connectivity index (χ4v) is 2.49. The monoisotopic (exact) mass is 264 g/mol. The molecular weight excluding hydrogens is 240 g/mol. The molecule has 2 rings (SSSR count). The maximum atomic E-state index is 12.4. The van der Waals surface area contributed by atoms with E-state index >= 15 is 0 Å². The van der Waals surface area contributed by atoms with Gasteiger partial charge >= 0.3 is 0 Å². The molecule has 1 aliphatic heterocycles. The second-order valence-electron chi connectivity index (χ2n) is 5.24. The predicted molar refractivity (Wildman–Crippen MR) is 75.2 cm³/mol. The molecule has 1 aliphatic rings. The van der Waals surface area contributed by atoms with Crippen molar-refractivity contribution in [3.05, 3.63) is 17.5 Å². The minimum absolute atomic E-state index is 0.00500. The van der Waals surface area contributed by atoms with E-state index in [0.717, 1.165) is 38.2 Å². The van der Waals surface area contributed by atoms with Crippen LogP contribution >= 0.6 is 0 Å². The minimum Gasteiger partial charge on any atom is -0.346 e. The SMILES string of the molecule is CCc1cc(C(=O)NC2CNCCC2C)n(CC)n1. The Morgan fingerprint density at radius 1 is 1.58 bits per heavy atom. The molecule has 2 atom stereocenters. The van der Waals surface area contributed by atoms with Gasteiger partial charge in [-0.1, -0.05) is 13.8 Å². The molecule has 0 bridgehead atoms. The molecule has 19 heavy (non-hydrogen) atoms. The number of amides is 1. The first-order valence-electron chi connectivity index (χ1n) is 7.24. The lowest BCUT2D eigenvalue weighted by Gasteiger charge is -2.30. The highest BCUT2D eigenvalue weighted by Gasteiger charge is 2.24. The first kappa shape index (κ1) is 14.1. The molecule has 0 radical (unpaired) electrons. The third kappa shape index (κ3) is 3.15. The Labute approximate surface area is 114 Å². The minimum atomic E-state index is -0.00500. The number of carbonyl (C=O) groups excluding carboxylic acids is 1. The van der Waals surface area contributed by atoms with Crippen molar-refractivity contribution in [1.29, 1.82) is 0 Å². The van der Waals surface area contributed by atoms with Crippen molar-refractivity contribution in [2.45, 2.75) is 46.2 Å². The largest absolute Gasteiger partial charge is 0.346 e. The number of hydrogen-bond acceptors (Lipinski definition) is 3. The van der Waals surface area contributed by atoms with Crippen LogP contribution in [0.3, 0.4) is 0 Å². The van der Waals surface area contributed by atoms with Crippen LogP contribution in [-0.2, 0) is 13.0 Å². The van der Waals surface area contributed by atoms with Crippen LogP contribution in [0, 0.1) is 5.92 Å². The summed E-state index contributed by atoms with van der Waals surface area (Å²) in [5.41, 5.74) is 1.65. The standard InChI is InChI=1S/C14H24N4O/c1-4-11-8-13(18(5-2)17-11)14(19)16-12-9-15-7-6-10(12)3/h8,10,12,15H,4-7,9H2,1-3H3,(H,16,19). The van der Waals surface area contributed by atoms with Gasteiger partial charge in [-0.05, 0) is 38.3 Å². The molecule has 0 spiro atoms. The van der Waals surface area contributed by atoms with Gasteiger partial charge in [-0.2, -0.15) is 5.10 Å². The fraction of sp³-hybridized carbons (Fsp3) is 0.714. The number of nitrogens with one attached hydrogen (secondary N) is 2. The lowest BCUT2D eigenvalue weighted by atomic mass is 9.95. The van der Waals surface area contributed by atoms with Gasteiger partial charge in [0.05, 0.1) is 5.69 Å². The molecular formula is C14H24N4O. The molecule has 0 aliphatic carbocycles. The number of aryl methyl sites for hydroxylation is 2. The molecule has 1 amide bonds. The summed E-state index contributed by atoms with van der Waals surface area (Å²) in [6.07, 6.45) is 1.97. The van der Waals surface area contributed by atoms with E-state index in [2.05, 4.69) is 29.6 Å². The van der Waals surface area contributed by atoms with Crippen LogP contribution in [0.1, 0.15) is 43.4 Å². The second-order valence-corrected chi connectivity index (χ2v) is 5.24. The molecule has 1 aromatic heterocycles. The van der Waals surface area contributed by atoms with E-state index in [1.807, 2.05) is 13.0 Å². The van der Waals surface area contributed by atoms with Crippen molar-refractivity contribution in [2.75, 3.05) is 13.1 Å². The third-order valence-corrected chi connectivity index (χ3v) is 3.87. The maximum Gasteiger partial charge on any atom is 0.269 e. The normalized spacial score (nSPS) is 23.3. The van der Waals surface area contributed by atoms with Gasteiger partial charge in [0, 0.05) is 19.1 Å². The number of hydrogen-bond donors (Lipinski definition) is 2. The van der Waals surface area contributed by atoms with E-state index in [1.54, 1.807) is 4.68 Å². The summed E-state index contributed by atoms with van der Waals surface area (Å²) < 4.78 is 1.79. The molecule has 5 heteroatoms. The lowest BCUT2D eigenvalue weighted by molar-refractivity contribution is 0.0904. The number of nitrogens with zero attached hydrogens (tertiary/aromatic N) is 2. The second kappa shape index (κ2) is 6.19. The van der Waals surface area contributed by atoms with Gasteiger partial charge in [-0.25, -0.2) is 0 Å². The van der Waals surface area contributed by atoms with Gasteiger partial charge in [0.15, 0.2) is 0 Å². The average Bonchev–Trinajstić information content (AvgIpc) is 2.84. The highest BCUT2D eigenvalue weighted by molar-refractivity contribution is 5.92. The van der Waals surface area contributed by atoms with E-state index in [0.29, 0.717) is 11.6 Å². The van der Waals surface area contributed by atoms with Gasteiger partial charge in [-0.15, -0.1) is 0 Å². The van der Waals surface area contributed by atoms with Crippen LogP contribution in [0.4, 0.5) is 0 Å². The van der Waals surface area contributed by atoms with E-state index in [-0.39, 0.29) is 11.9 Å². The number of aromatic nitrogens is 2. The molecule has 1 saturated heterocycles. The van der Waals surface area contributed by atoms with E-state index in [4.69, 9.17) is 0 Å². The summed E-state index contributed by atoms with van der Waals surface area (Å²) in [4.78, 5) is 12.4. The summed E-state index contributed by atoms with van der Waals surface area (Å²) in [5.74, 6) is 0.517. The van der Waals surface area contributed by atoms with Gasteiger partial charge in [0.2, 0.25) is 0 Å². The van der Waals surface area contributed by atoms with Crippen molar-refractivity contribution < 1.29 is 4.79 Å². The zero-order valence-corrected chi connectivity index (χ0v) is 12.1. The quantitative estimate of drug-likeness (QED) is 0.859. The summed E-state index contributed by atoms with van der Waals surface area (Å²) in [7, 11) is 0. The topological polar surface area (TPSA) is 59.0 Å². The summed E-state index contributed by atoms with van der Waals surface area (Å²) in [6.45, 7) is 8.88. The Hall–Kier alpha value is -1.36. The first-order valence-corrected chi connectivity index (χ1v) is 7.24. The molecule has 2 unspecified atom stereocenters. The Morgan fingerprint density at radius 3 is 3.00 bits per heavy atom. The smallest absolute Gasteiger partial charge is 0.269 e. The Morgan fingerprint density at radius 2 is 2.37 bits per heavy atom. The summed E-state index contributed by atoms with van der Waals surface area (Å²) >= 11 is 0. The van der Waals surface area contributed by atoms with Gasteiger partial charge in [0.25, 0.3) is 5.91 Å². The molecule has 2 N–H and O–H groups in total. The van der Waals surface area contributed by atoms with Gasteiger partial charge in [0.1, 0.15) is 5.69 Å². The van der Waals surface area contributed by atoms with Crippen molar-refractivity contribution in [2.24, 2.45) is 5.92 Å². The van der Waals surface area contributed by atoms with Gasteiger partial charge < -0.3 is 10.6 Å². The molecule has 0 saturated carbocycles. The lowest BCUT2D eigenvalue weighted by Crippen LogP contribution is -2.50. The van der Waals surface area contributed by atoms with E-state index in [9.17, 15) is 4.79 Å². The Kier molecular flexibility index (Phi) is 4.58. The molecule has 5 nitrogen and oxygen atoms in total. The Bertz CT molecular complexity index is 441. The van der Waals surface area contributed by atoms with Crippen LogP contribution < -0.4 is 10.6 Å². The van der Waals surface area contributed by atoms with Crippen molar-refractivity contribution in [3.8, 4) is 0 Å². The highest BCUT2D eigenvalue weighted by Crippen LogP contribution is 2.13. The van der Waals surface area contributed by atoms with Gasteiger partial charge in [-0.3, -0.25) is 9.48 Å². The summed E-state index contributed by atoms with van der Waals surface area (Å²) in [5, 5.41) is 10.9. The average molecular weight is 264 g/mol. The molecule has 0 aromatic carbocycles. The molecule has 1 aromatic rings. The maximum absolute atomic E-state index is 12.4. The highest BCUT2D eigenvalue weighted by atomic mass is 16.2. The van der Waals surface area contributed by atoms with Crippen LogP contribution in [0.2, 0.25) is 0 Å². The van der Waals surface area contributed by atoms with E-state index in [1.165, 1.54) is 0 Å². The van der Waals surface area contributed by atoms with Crippen molar-refractivity contribution in [3.63, 3.8) is 0 Å². The Balaban J connectivity index is 2.08. The third-order valence-electron chi connectivity index (χ3n) is 3.87. The number of rotatable bonds is 4. The zero-order valence-electron chi connectivity index (χ0n) is 12.1. The number of carbonyl (C=O) groups is 1. The van der Waals surface area contributed by atoms with Crippen LogP contribution in [0.25, 0.3) is 0 Å². The first-order chi connectivity index (χ1) is 9.15. The molecule has 1 fully saturated rings. The predicted octanol–water partition coefficient (Wildman–Crippen LogP) is 1.19. The van der Waals surface area contributed by atoms with Crippen LogP contribution in [-0.4, -0.2) is 34.8 Å². The fourth-order valence-electron chi connectivity index (χ4n) is 2.49.